The Balaban J connectivity index is 2.85. The Hall–Kier alpha value is -0.630. The first-order valence-corrected chi connectivity index (χ1v) is 3.14. The van der Waals surface area contributed by atoms with Crippen LogP contribution in [-0.4, -0.2) is 9.97 Å². The van der Waals surface area contributed by atoms with Gasteiger partial charge in [-0.25, -0.2) is 0 Å². The molecular weight excluding hydrogens is 136 g/mol. The van der Waals surface area contributed by atoms with Crippen molar-refractivity contribution in [2.45, 2.75) is 12.3 Å². The van der Waals surface area contributed by atoms with E-state index in [1.165, 1.54) is 0 Å². The van der Waals surface area contributed by atoms with E-state index in [1.807, 2.05) is 6.92 Å². The number of rotatable bonds is 1. The molecule has 1 aromatic heterocycles. The lowest BCUT2D eigenvalue weighted by atomic mass is 10.3. The van der Waals surface area contributed by atoms with Crippen molar-refractivity contribution in [3.63, 3.8) is 0 Å². The van der Waals surface area contributed by atoms with Crippen LogP contribution < -0.4 is 0 Å². The lowest BCUT2D eigenvalue weighted by Gasteiger charge is -1.97. The van der Waals surface area contributed by atoms with Crippen molar-refractivity contribution < 1.29 is 0 Å². The van der Waals surface area contributed by atoms with E-state index in [-0.39, 0.29) is 5.38 Å². The maximum Gasteiger partial charge on any atom is 0.0762 e. The van der Waals surface area contributed by atoms with Gasteiger partial charge in [-0.15, -0.1) is 11.6 Å². The zero-order valence-corrected chi connectivity index (χ0v) is 5.84. The van der Waals surface area contributed by atoms with Gasteiger partial charge in [-0.05, 0) is 6.92 Å². The minimum absolute atomic E-state index is 0.0429. The van der Waals surface area contributed by atoms with E-state index >= 15 is 0 Å². The van der Waals surface area contributed by atoms with Crippen LogP contribution in [0.4, 0.5) is 0 Å². The summed E-state index contributed by atoms with van der Waals surface area (Å²) in [7, 11) is 0. The Bertz CT molecular complexity index is 174. The summed E-state index contributed by atoms with van der Waals surface area (Å²) in [5, 5.41) is -0.0429. The quantitative estimate of drug-likeness (QED) is 0.559. The molecule has 0 spiro atoms. The van der Waals surface area contributed by atoms with Crippen molar-refractivity contribution in [1.29, 1.82) is 0 Å². The Morgan fingerprint density at radius 3 is 2.67 bits per heavy atom. The van der Waals surface area contributed by atoms with Crippen molar-refractivity contribution >= 4 is 11.6 Å². The van der Waals surface area contributed by atoms with Gasteiger partial charge in [-0.3, -0.25) is 9.97 Å². The monoisotopic (exact) mass is 142 g/mol. The fourth-order valence-corrected chi connectivity index (χ4v) is 0.629. The molecule has 0 aliphatic rings. The average Bonchev–Trinajstić information content (AvgIpc) is 1.90. The summed E-state index contributed by atoms with van der Waals surface area (Å²) < 4.78 is 0. The largest absolute Gasteiger partial charge is 0.261 e. The molecule has 0 fully saturated rings. The fraction of sp³-hybridized carbons (Fsp3) is 0.333. The van der Waals surface area contributed by atoms with Crippen LogP contribution in [0.5, 0.6) is 0 Å². The van der Waals surface area contributed by atoms with Gasteiger partial charge < -0.3 is 0 Å². The Labute approximate surface area is 58.9 Å². The molecule has 1 aromatic rings. The van der Waals surface area contributed by atoms with E-state index in [0.717, 1.165) is 5.69 Å². The van der Waals surface area contributed by atoms with Gasteiger partial charge in [0.1, 0.15) is 0 Å². The molecule has 0 saturated carbocycles. The highest BCUT2D eigenvalue weighted by Gasteiger charge is 1.98. The molecule has 3 heteroatoms. The van der Waals surface area contributed by atoms with Crippen LogP contribution in [0.3, 0.4) is 0 Å². The van der Waals surface area contributed by atoms with Crippen LogP contribution in [0.1, 0.15) is 18.0 Å². The zero-order chi connectivity index (χ0) is 6.69. The van der Waals surface area contributed by atoms with Crippen LogP contribution in [0.25, 0.3) is 0 Å². The molecule has 0 aliphatic carbocycles. The van der Waals surface area contributed by atoms with E-state index in [0.29, 0.717) is 0 Å². The normalized spacial score (nSPS) is 13.1. The predicted octanol–water partition coefficient (Wildman–Crippen LogP) is 1.78. The van der Waals surface area contributed by atoms with Crippen LogP contribution in [-0.2, 0) is 0 Å². The molecule has 2 nitrogen and oxygen atoms in total. The Morgan fingerprint density at radius 2 is 2.33 bits per heavy atom. The molecule has 1 rings (SSSR count). The molecule has 0 aromatic carbocycles. The van der Waals surface area contributed by atoms with Crippen molar-refractivity contribution in [1.82, 2.24) is 9.97 Å². The summed E-state index contributed by atoms with van der Waals surface area (Å²) >= 11 is 5.70. The summed E-state index contributed by atoms with van der Waals surface area (Å²) in [6, 6.07) is 0. The van der Waals surface area contributed by atoms with E-state index in [9.17, 15) is 0 Å². The summed E-state index contributed by atoms with van der Waals surface area (Å²) in [6.07, 6.45) is 4.93. The Kier molecular flexibility index (Phi) is 2.01. The van der Waals surface area contributed by atoms with Crippen LogP contribution in [0, 0.1) is 0 Å². The SMILES string of the molecule is C[C@@H](Cl)c1cnccn1. The molecule has 1 heterocycles. The van der Waals surface area contributed by atoms with Gasteiger partial charge in [-0.1, -0.05) is 0 Å². The maximum absolute atomic E-state index is 5.70. The van der Waals surface area contributed by atoms with Crippen molar-refractivity contribution in [3.8, 4) is 0 Å². The van der Waals surface area contributed by atoms with E-state index in [4.69, 9.17) is 11.6 Å². The number of nitrogens with zero attached hydrogens (tertiary/aromatic N) is 2. The number of hydrogen-bond acceptors (Lipinski definition) is 2. The van der Waals surface area contributed by atoms with Crippen LogP contribution >= 0.6 is 11.6 Å². The van der Waals surface area contributed by atoms with E-state index < -0.39 is 0 Å². The molecule has 0 radical (unpaired) electrons. The minimum Gasteiger partial charge on any atom is -0.261 e. The van der Waals surface area contributed by atoms with Gasteiger partial charge in [0, 0.05) is 18.6 Å². The van der Waals surface area contributed by atoms with Gasteiger partial charge >= 0.3 is 0 Å². The first-order valence-electron chi connectivity index (χ1n) is 2.70. The molecule has 0 N–H and O–H groups in total. The van der Waals surface area contributed by atoms with Gasteiger partial charge in [0.2, 0.25) is 0 Å². The third-order valence-corrected chi connectivity index (χ3v) is 1.21. The number of aromatic nitrogens is 2. The molecule has 48 valence electrons. The van der Waals surface area contributed by atoms with Gasteiger partial charge in [0.05, 0.1) is 11.1 Å². The van der Waals surface area contributed by atoms with Crippen LogP contribution in [0.2, 0.25) is 0 Å². The molecule has 0 amide bonds. The third-order valence-electron chi connectivity index (χ3n) is 0.991. The highest BCUT2D eigenvalue weighted by atomic mass is 35.5. The van der Waals surface area contributed by atoms with Gasteiger partial charge in [0.15, 0.2) is 0 Å². The number of hydrogen-bond donors (Lipinski definition) is 0. The molecule has 1 atom stereocenters. The lowest BCUT2D eigenvalue weighted by Crippen LogP contribution is -1.88. The van der Waals surface area contributed by atoms with Gasteiger partial charge in [-0.2, -0.15) is 0 Å². The maximum atomic E-state index is 5.70. The summed E-state index contributed by atoms with van der Waals surface area (Å²) in [6.45, 7) is 1.87. The number of halogens is 1. The molecular formula is C6H7ClN2. The first kappa shape index (κ1) is 6.49. The smallest absolute Gasteiger partial charge is 0.0762 e. The molecule has 0 saturated heterocycles. The highest BCUT2D eigenvalue weighted by Crippen LogP contribution is 2.13. The summed E-state index contributed by atoms with van der Waals surface area (Å²) in [5.74, 6) is 0. The molecule has 0 bridgehead atoms. The van der Waals surface area contributed by atoms with E-state index in [2.05, 4.69) is 9.97 Å². The molecule has 9 heavy (non-hydrogen) atoms. The summed E-state index contributed by atoms with van der Waals surface area (Å²) in [5.41, 5.74) is 0.819. The lowest BCUT2D eigenvalue weighted by molar-refractivity contribution is 0.967. The summed E-state index contributed by atoms with van der Waals surface area (Å²) in [4.78, 5) is 7.84. The first-order chi connectivity index (χ1) is 4.30. The minimum atomic E-state index is -0.0429. The topological polar surface area (TPSA) is 25.8 Å². The second-order valence-electron chi connectivity index (χ2n) is 1.75. The second kappa shape index (κ2) is 2.78. The number of alkyl halides is 1. The zero-order valence-electron chi connectivity index (χ0n) is 5.08. The standard InChI is InChI=1S/C6H7ClN2/c1-5(7)6-4-8-2-3-9-6/h2-5H,1H3/t5-/m1/s1. The Morgan fingerprint density at radius 1 is 1.56 bits per heavy atom. The third kappa shape index (κ3) is 1.64. The van der Waals surface area contributed by atoms with Crippen LogP contribution in [0.15, 0.2) is 18.6 Å². The van der Waals surface area contributed by atoms with Crippen molar-refractivity contribution in [2.24, 2.45) is 0 Å². The van der Waals surface area contributed by atoms with Crippen molar-refractivity contribution in [2.75, 3.05) is 0 Å². The highest BCUT2D eigenvalue weighted by molar-refractivity contribution is 6.20. The predicted molar refractivity (Wildman–Crippen MR) is 36.3 cm³/mol. The second-order valence-corrected chi connectivity index (χ2v) is 2.40. The average molecular weight is 143 g/mol. The van der Waals surface area contributed by atoms with E-state index in [1.54, 1.807) is 18.6 Å². The molecule has 0 aliphatic heterocycles. The van der Waals surface area contributed by atoms with Crippen molar-refractivity contribution in [3.05, 3.63) is 24.3 Å². The van der Waals surface area contributed by atoms with Gasteiger partial charge in [0.25, 0.3) is 0 Å². The fourth-order valence-electron chi connectivity index (χ4n) is 0.516. The molecule has 0 unspecified atom stereocenters.